The van der Waals surface area contributed by atoms with Gasteiger partial charge in [-0.15, -0.1) is 0 Å². The molecule has 2 nitrogen and oxygen atoms in total. The molecule has 2 heteroatoms. The summed E-state index contributed by atoms with van der Waals surface area (Å²) < 4.78 is 1.81. The largest absolute Gasteiger partial charge is 0.348 e. The fourth-order valence-corrected chi connectivity index (χ4v) is 0.869. The second-order valence-corrected chi connectivity index (χ2v) is 2.17. The van der Waals surface area contributed by atoms with E-state index >= 15 is 0 Å². The molecule has 0 aromatic carbocycles. The molecule has 1 rings (SSSR count). The van der Waals surface area contributed by atoms with Crippen molar-refractivity contribution in [2.75, 3.05) is 0 Å². The summed E-state index contributed by atoms with van der Waals surface area (Å²) in [5, 5.41) is 0. The molecule has 0 saturated carbocycles. The summed E-state index contributed by atoms with van der Waals surface area (Å²) >= 11 is 0. The Labute approximate surface area is 54.1 Å². The molecule has 0 amide bonds. The highest BCUT2D eigenvalue weighted by Gasteiger charge is 1.95. The normalized spacial score (nSPS) is 9.56. The van der Waals surface area contributed by atoms with Gasteiger partial charge in [0.1, 0.15) is 0 Å². The minimum absolute atomic E-state index is 0.729. The number of nitrogens with zero attached hydrogens (tertiary/aromatic N) is 1. The zero-order valence-corrected chi connectivity index (χ0v) is 5.59. The number of hydrogen-bond donors (Lipinski definition) is 0. The van der Waals surface area contributed by atoms with E-state index in [1.807, 2.05) is 30.8 Å². The van der Waals surface area contributed by atoms with E-state index < -0.39 is 0 Å². The van der Waals surface area contributed by atoms with Crippen LogP contribution in [-0.2, 0) is 7.05 Å². The third-order valence-corrected chi connectivity index (χ3v) is 1.30. The highest BCUT2D eigenvalue weighted by atomic mass is 16.1. The fraction of sp³-hybridized carbons (Fsp3) is 0.286. The Balaban J connectivity index is 3.15. The van der Waals surface area contributed by atoms with E-state index in [0.29, 0.717) is 0 Å². The zero-order chi connectivity index (χ0) is 6.85. The third-order valence-electron chi connectivity index (χ3n) is 1.30. The van der Waals surface area contributed by atoms with Crippen molar-refractivity contribution in [2.45, 2.75) is 6.92 Å². The average Bonchev–Trinajstić information content (AvgIpc) is 2.10. The van der Waals surface area contributed by atoms with Gasteiger partial charge in [0, 0.05) is 13.2 Å². The Hall–Kier alpha value is -1.05. The van der Waals surface area contributed by atoms with E-state index in [9.17, 15) is 4.79 Å². The molecule has 1 aromatic heterocycles. The van der Waals surface area contributed by atoms with Crippen molar-refractivity contribution in [3.63, 3.8) is 0 Å². The van der Waals surface area contributed by atoms with E-state index in [2.05, 4.69) is 0 Å². The van der Waals surface area contributed by atoms with Gasteiger partial charge in [-0.05, 0) is 18.6 Å². The van der Waals surface area contributed by atoms with Gasteiger partial charge in [-0.1, -0.05) is 0 Å². The molecule has 0 atom stereocenters. The molecule has 0 aliphatic rings. The summed E-state index contributed by atoms with van der Waals surface area (Å²) in [6.07, 6.45) is 2.77. The van der Waals surface area contributed by atoms with Gasteiger partial charge in [-0.3, -0.25) is 4.79 Å². The van der Waals surface area contributed by atoms with Crippen LogP contribution in [0, 0.1) is 6.92 Å². The topological polar surface area (TPSA) is 22.0 Å². The van der Waals surface area contributed by atoms with Crippen LogP contribution in [0.1, 0.15) is 16.1 Å². The van der Waals surface area contributed by atoms with Crippen LogP contribution in [0.2, 0.25) is 0 Å². The second-order valence-electron chi connectivity index (χ2n) is 2.17. The number of hydrogen-bond acceptors (Lipinski definition) is 1. The molecule has 0 aliphatic carbocycles. The number of rotatable bonds is 1. The lowest BCUT2D eigenvalue weighted by molar-refractivity contribution is 0.111. The zero-order valence-electron chi connectivity index (χ0n) is 5.59. The molecule has 0 fully saturated rings. The van der Waals surface area contributed by atoms with Crippen molar-refractivity contribution in [1.29, 1.82) is 0 Å². The molecule has 0 N–H and O–H groups in total. The Morgan fingerprint density at radius 1 is 1.67 bits per heavy atom. The Morgan fingerprint density at radius 3 is 2.56 bits per heavy atom. The van der Waals surface area contributed by atoms with Crippen molar-refractivity contribution in [1.82, 2.24) is 4.57 Å². The molecular formula is C7H9NO. The van der Waals surface area contributed by atoms with Crippen molar-refractivity contribution in [3.8, 4) is 0 Å². The first-order valence-corrected chi connectivity index (χ1v) is 2.82. The predicted octanol–water partition coefficient (Wildman–Crippen LogP) is 1.15. The highest BCUT2D eigenvalue weighted by molar-refractivity contribution is 5.72. The first-order chi connectivity index (χ1) is 4.24. The molecule has 1 aromatic rings. The van der Waals surface area contributed by atoms with Crippen molar-refractivity contribution in [2.24, 2.45) is 7.05 Å². The quantitative estimate of drug-likeness (QED) is 0.513. The van der Waals surface area contributed by atoms with E-state index in [0.717, 1.165) is 17.5 Å². The molecule has 0 unspecified atom stereocenters. The lowest BCUT2D eigenvalue weighted by Gasteiger charge is -1.88. The Morgan fingerprint density at radius 2 is 2.33 bits per heavy atom. The molecule has 0 saturated heterocycles. The van der Waals surface area contributed by atoms with Crippen LogP contribution >= 0.6 is 0 Å². The lowest BCUT2D eigenvalue weighted by Crippen LogP contribution is -1.90. The molecular weight excluding hydrogens is 114 g/mol. The average molecular weight is 123 g/mol. The molecule has 0 aliphatic heterocycles. The van der Waals surface area contributed by atoms with Crippen molar-refractivity contribution in [3.05, 3.63) is 23.5 Å². The second kappa shape index (κ2) is 2.05. The van der Waals surface area contributed by atoms with Gasteiger partial charge in [0.2, 0.25) is 0 Å². The number of aromatic nitrogens is 1. The van der Waals surface area contributed by atoms with Crippen LogP contribution in [0.25, 0.3) is 0 Å². The van der Waals surface area contributed by atoms with Gasteiger partial charge in [0.15, 0.2) is 6.29 Å². The maximum Gasteiger partial charge on any atom is 0.166 e. The monoisotopic (exact) mass is 123 g/mol. The maximum absolute atomic E-state index is 10.2. The van der Waals surface area contributed by atoms with Crippen LogP contribution in [0.3, 0.4) is 0 Å². The predicted molar refractivity (Wildman–Crippen MR) is 35.5 cm³/mol. The van der Waals surface area contributed by atoms with E-state index in [4.69, 9.17) is 0 Å². The summed E-state index contributed by atoms with van der Waals surface area (Å²) in [5.74, 6) is 0. The third kappa shape index (κ3) is 1.02. The van der Waals surface area contributed by atoms with E-state index in [1.54, 1.807) is 0 Å². The van der Waals surface area contributed by atoms with E-state index in [1.165, 1.54) is 0 Å². The van der Waals surface area contributed by atoms with Gasteiger partial charge >= 0.3 is 0 Å². The summed E-state index contributed by atoms with van der Waals surface area (Å²) in [6, 6.07) is 1.85. The van der Waals surface area contributed by atoms with Crippen molar-refractivity contribution >= 4 is 6.29 Å². The summed E-state index contributed by atoms with van der Waals surface area (Å²) in [6.45, 7) is 1.97. The molecule has 9 heavy (non-hydrogen) atoms. The number of carbonyl (C=O) groups excluding carboxylic acids is 1. The molecule has 0 spiro atoms. The number of aryl methyl sites for hydroxylation is 2. The first kappa shape index (κ1) is 6.08. The van der Waals surface area contributed by atoms with Crippen LogP contribution < -0.4 is 0 Å². The van der Waals surface area contributed by atoms with Crippen LogP contribution in [0.4, 0.5) is 0 Å². The van der Waals surface area contributed by atoms with E-state index in [-0.39, 0.29) is 0 Å². The minimum Gasteiger partial charge on any atom is -0.348 e. The smallest absolute Gasteiger partial charge is 0.166 e. The summed E-state index contributed by atoms with van der Waals surface area (Å²) in [5.41, 5.74) is 1.85. The van der Waals surface area contributed by atoms with Gasteiger partial charge in [0.25, 0.3) is 0 Å². The van der Waals surface area contributed by atoms with Crippen LogP contribution in [-0.4, -0.2) is 10.9 Å². The summed E-state index contributed by atoms with van der Waals surface area (Å²) in [7, 11) is 1.86. The van der Waals surface area contributed by atoms with Crippen LogP contribution in [0.5, 0.6) is 0 Å². The molecule has 0 bridgehead atoms. The fourth-order valence-electron chi connectivity index (χ4n) is 0.869. The number of carbonyl (C=O) groups is 1. The van der Waals surface area contributed by atoms with Crippen LogP contribution in [0.15, 0.2) is 12.3 Å². The maximum atomic E-state index is 10.2. The van der Waals surface area contributed by atoms with Gasteiger partial charge < -0.3 is 4.57 Å². The van der Waals surface area contributed by atoms with Gasteiger partial charge in [-0.25, -0.2) is 0 Å². The number of aldehydes is 1. The Kier molecular flexibility index (Phi) is 1.39. The van der Waals surface area contributed by atoms with Gasteiger partial charge in [-0.2, -0.15) is 0 Å². The molecule has 1 heterocycles. The minimum atomic E-state index is 0.729. The first-order valence-electron chi connectivity index (χ1n) is 2.82. The van der Waals surface area contributed by atoms with Gasteiger partial charge in [0.05, 0.1) is 5.69 Å². The SMILES string of the molecule is Cc1cc(C=O)n(C)c1. The highest BCUT2D eigenvalue weighted by Crippen LogP contribution is 2.01. The molecule has 48 valence electrons. The van der Waals surface area contributed by atoms with Crippen molar-refractivity contribution < 1.29 is 4.79 Å². The molecule has 0 radical (unpaired) electrons. The standard InChI is InChI=1S/C7H9NO/c1-6-3-7(5-9)8(2)4-6/h3-5H,1-2H3. The Bertz CT molecular complexity index is 225. The summed E-state index contributed by atoms with van der Waals surface area (Å²) in [4.78, 5) is 10.2. The lowest BCUT2D eigenvalue weighted by atomic mass is 10.3.